The van der Waals surface area contributed by atoms with Crippen molar-refractivity contribution >= 4 is 17.7 Å². The lowest BCUT2D eigenvalue weighted by atomic mass is 10.1. The van der Waals surface area contributed by atoms with E-state index in [1.165, 1.54) is 11.8 Å². The van der Waals surface area contributed by atoms with Crippen molar-refractivity contribution < 1.29 is 9.90 Å². The monoisotopic (exact) mass is 281 g/mol. The molecule has 1 amide bonds. The summed E-state index contributed by atoms with van der Waals surface area (Å²) in [6.45, 7) is 9.15. The van der Waals surface area contributed by atoms with Gasteiger partial charge in [-0.2, -0.15) is 0 Å². The first-order chi connectivity index (χ1) is 8.99. The fourth-order valence-electron chi connectivity index (χ4n) is 1.89. The molecule has 0 aliphatic rings. The van der Waals surface area contributed by atoms with Gasteiger partial charge in [-0.1, -0.05) is 12.1 Å². The van der Waals surface area contributed by atoms with Crippen molar-refractivity contribution in [3.8, 4) is 0 Å². The van der Waals surface area contributed by atoms with Gasteiger partial charge in [0.25, 0.3) is 0 Å². The van der Waals surface area contributed by atoms with E-state index in [1.807, 2.05) is 49.9 Å². The maximum atomic E-state index is 12.2. The first kappa shape index (κ1) is 16.1. The van der Waals surface area contributed by atoms with Crippen LogP contribution in [0.4, 0.5) is 0 Å². The van der Waals surface area contributed by atoms with Crippen molar-refractivity contribution in [3.05, 3.63) is 29.8 Å². The summed E-state index contributed by atoms with van der Waals surface area (Å²) in [7, 11) is 0. The van der Waals surface area contributed by atoms with Crippen molar-refractivity contribution in [1.29, 1.82) is 0 Å². The molecule has 106 valence electrons. The maximum Gasteiger partial charge on any atom is 0.235 e. The predicted molar refractivity (Wildman–Crippen MR) is 80.3 cm³/mol. The molecule has 3 nitrogen and oxygen atoms in total. The molecule has 1 rings (SSSR count). The average molecular weight is 281 g/mol. The third kappa shape index (κ3) is 4.55. The molecule has 1 N–H and O–H groups in total. The van der Waals surface area contributed by atoms with Crippen molar-refractivity contribution in [2.24, 2.45) is 0 Å². The fourth-order valence-corrected chi connectivity index (χ4v) is 2.91. The third-order valence-electron chi connectivity index (χ3n) is 3.08. The molecular formula is C15H23NO2S. The maximum absolute atomic E-state index is 12.2. The van der Waals surface area contributed by atoms with Crippen LogP contribution in [0.5, 0.6) is 0 Å². The van der Waals surface area contributed by atoms with Crippen LogP contribution < -0.4 is 0 Å². The number of carbonyl (C=O) groups excluding carboxylic acids is 1. The Hall–Kier alpha value is -1.00. The van der Waals surface area contributed by atoms with E-state index in [0.717, 1.165) is 23.5 Å². The second kappa shape index (κ2) is 7.56. The van der Waals surface area contributed by atoms with Crippen LogP contribution in [0.25, 0.3) is 0 Å². The van der Waals surface area contributed by atoms with Gasteiger partial charge in [-0.15, -0.1) is 11.8 Å². The largest absolute Gasteiger partial charge is 0.389 e. The van der Waals surface area contributed by atoms with Gasteiger partial charge >= 0.3 is 0 Å². The predicted octanol–water partition coefficient (Wildman–Crippen LogP) is 3.09. The number of rotatable bonds is 6. The third-order valence-corrected chi connectivity index (χ3v) is 4.16. The highest BCUT2D eigenvalue weighted by Gasteiger charge is 2.19. The number of carbonyl (C=O) groups is 1. The quantitative estimate of drug-likeness (QED) is 0.815. The Bertz CT molecular complexity index is 416. The van der Waals surface area contributed by atoms with Crippen LogP contribution in [0.15, 0.2) is 29.2 Å². The van der Waals surface area contributed by atoms with Crippen LogP contribution in [-0.4, -0.2) is 34.3 Å². The highest BCUT2D eigenvalue weighted by Crippen LogP contribution is 2.27. The smallest absolute Gasteiger partial charge is 0.235 e. The molecule has 4 heteroatoms. The molecule has 0 radical (unpaired) electrons. The summed E-state index contributed by atoms with van der Waals surface area (Å²) in [4.78, 5) is 15.0. The molecule has 0 fully saturated rings. The molecule has 0 aliphatic heterocycles. The minimum absolute atomic E-state index is 0.107. The standard InChI is InChI=1S/C15H23NO2S/c1-5-16(6-2)15(18)12(4)19-14-9-7-8-13(10-14)11(3)17/h7-12,17H,5-6H2,1-4H3. The zero-order valence-electron chi connectivity index (χ0n) is 12.1. The zero-order valence-corrected chi connectivity index (χ0v) is 12.9. The lowest BCUT2D eigenvalue weighted by Gasteiger charge is -2.22. The van der Waals surface area contributed by atoms with Gasteiger partial charge in [0, 0.05) is 18.0 Å². The molecule has 0 aromatic heterocycles. The average Bonchev–Trinajstić information content (AvgIpc) is 2.40. The van der Waals surface area contributed by atoms with E-state index in [4.69, 9.17) is 0 Å². The van der Waals surface area contributed by atoms with Gasteiger partial charge < -0.3 is 10.0 Å². The Balaban J connectivity index is 2.73. The van der Waals surface area contributed by atoms with Gasteiger partial charge in [0.1, 0.15) is 0 Å². The molecule has 2 atom stereocenters. The topological polar surface area (TPSA) is 40.5 Å². The minimum atomic E-state index is -0.477. The number of nitrogens with zero attached hydrogens (tertiary/aromatic N) is 1. The van der Waals surface area contributed by atoms with E-state index in [2.05, 4.69) is 0 Å². The summed E-state index contributed by atoms with van der Waals surface area (Å²) in [5, 5.41) is 9.46. The normalized spacial score (nSPS) is 13.9. The number of thioether (sulfide) groups is 1. The highest BCUT2D eigenvalue weighted by molar-refractivity contribution is 8.00. The van der Waals surface area contributed by atoms with Crippen molar-refractivity contribution in [2.75, 3.05) is 13.1 Å². The summed E-state index contributed by atoms with van der Waals surface area (Å²) >= 11 is 1.54. The molecule has 0 heterocycles. The Morgan fingerprint density at radius 3 is 2.47 bits per heavy atom. The lowest BCUT2D eigenvalue weighted by Crippen LogP contribution is -2.36. The van der Waals surface area contributed by atoms with E-state index in [1.54, 1.807) is 6.92 Å². The number of hydrogen-bond donors (Lipinski definition) is 1. The summed E-state index contributed by atoms with van der Waals surface area (Å²) in [5.41, 5.74) is 0.882. The molecule has 2 unspecified atom stereocenters. The highest BCUT2D eigenvalue weighted by atomic mass is 32.2. The van der Waals surface area contributed by atoms with Crippen LogP contribution in [-0.2, 0) is 4.79 Å². The molecule has 0 spiro atoms. The van der Waals surface area contributed by atoms with Crippen LogP contribution >= 0.6 is 11.8 Å². The van der Waals surface area contributed by atoms with E-state index in [9.17, 15) is 9.90 Å². The molecule has 0 saturated carbocycles. The van der Waals surface area contributed by atoms with Gasteiger partial charge in [0.05, 0.1) is 11.4 Å². The second-order valence-electron chi connectivity index (χ2n) is 4.52. The number of hydrogen-bond acceptors (Lipinski definition) is 3. The Kier molecular flexibility index (Phi) is 6.38. The number of amides is 1. The van der Waals surface area contributed by atoms with Gasteiger partial charge in [-0.3, -0.25) is 4.79 Å². The van der Waals surface area contributed by atoms with Gasteiger partial charge in [0.15, 0.2) is 0 Å². The molecule has 0 aliphatic carbocycles. The first-order valence-electron chi connectivity index (χ1n) is 6.73. The van der Waals surface area contributed by atoms with Gasteiger partial charge in [-0.25, -0.2) is 0 Å². The Morgan fingerprint density at radius 1 is 1.32 bits per heavy atom. The summed E-state index contributed by atoms with van der Waals surface area (Å²) in [6.07, 6.45) is -0.477. The number of benzene rings is 1. The minimum Gasteiger partial charge on any atom is -0.389 e. The van der Waals surface area contributed by atoms with E-state index in [0.29, 0.717) is 0 Å². The van der Waals surface area contributed by atoms with Crippen molar-refractivity contribution in [1.82, 2.24) is 4.90 Å². The van der Waals surface area contributed by atoms with Gasteiger partial charge in [0.2, 0.25) is 5.91 Å². The van der Waals surface area contributed by atoms with Crippen LogP contribution in [0.2, 0.25) is 0 Å². The molecule has 0 bridgehead atoms. The van der Waals surface area contributed by atoms with E-state index >= 15 is 0 Å². The van der Waals surface area contributed by atoms with Crippen LogP contribution in [0.3, 0.4) is 0 Å². The van der Waals surface area contributed by atoms with Gasteiger partial charge in [-0.05, 0) is 45.4 Å². The first-order valence-corrected chi connectivity index (χ1v) is 7.61. The number of aliphatic hydroxyl groups excluding tert-OH is 1. The Labute approximate surface area is 120 Å². The molecule has 19 heavy (non-hydrogen) atoms. The molecule has 0 saturated heterocycles. The number of aliphatic hydroxyl groups is 1. The second-order valence-corrected chi connectivity index (χ2v) is 5.93. The summed E-state index contributed by atoms with van der Waals surface area (Å²) < 4.78 is 0. The van der Waals surface area contributed by atoms with Crippen LogP contribution in [0, 0.1) is 0 Å². The fraction of sp³-hybridized carbons (Fsp3) is 0.533. The summed E-state index contributed by atoms with van der Waals surface area (Å²) in [5.74, 6) is 0.164. The van der Waals surface area contributed by atoms with Crippen molar-refractivity contribution in [2.45, 2.75) is 43.9 Å². The van der Waals surface area contributed by atoms with Crippen molar-refractivity contribution in [3.63, 3.8) is 0 Å². The summed E-state index contributed by atoms with van der Waals surface area (Å²) in [6, 6.07) is 7.73. The molecular weight excluding hydrogens is 258 g/mol. The molecule has 1 aromatic carbocycles. The van der Waals surface area contributed by atoms with E-state index in [-0.39, 0.29) is 11.2 Å². The molecule has 1 aromatic rings. The SMILES string of the molecule is CCN(CC)C(=O)C(C)Sc1cccc(C(C)O)c1. The lowest BCUT2D eigenvalue weighted by molar-refractivity contribution is -0.129. The van der Waals surface area contributed by atoms with E-state index < -0.39 is 6.10 Å². The zero-order chi connectivity index (χ0) is 14.4. The Morgan fingerprint density at radius 2 is 1.95 bits per heavy atom. The van der Waals surface area contributed by atoms with Crippen LogP contribution in [0.1, 0.15) is 39.4 Å².